The van der Waals surface area contributed by atoms with Crippen LogP contribution in [0.5, 0.6) is 5.75 Å². The van der Waals surface area contributed by atoms with Crippen LogP contribution in [0.1, 0.15) is 12.5 Å². The molecule has 1 rings (SSSR count). The van der Waals surface area contributed by atoms with Crippen LogP contribution in [0.25, 0.3) is 0 Å². The molecule has 1 aromatic carbocycles. The molecular weight excluding hydrogens is 249 g/mol. The first-order valence-corrected chi connectivity index (χ1v) is 5.83. The van der Waals surface area contributed by atoms with Gasteiger partial charge in [-0.15, -0.1) is 0 Å². The highest BCUT2D eigenvalue weighted by Crippen LogP contribution is 2.21. The number of nitriles is 1. The predicted octanol–water partition coefficient (Wildman–Crippen LogP) is 0.734. The topological polar surface area (TPSA) is 88.1 Å². The molecule has 0 fully saturated rings. The average Bonchev–Trinajstić information content (AvgIpc) is 2.34. The highest BCUT2D eigenvalue weighted by Gasteiger charge is 2.09. The van der Waals surface area contributed by atoms with Crippen LogP contribution < -0.4 is 15.8 Å². The lowest BCUT2D eigenvalue weighted by Gasteiger charge is -2.12. The molecule has 1 atom stereocenters. The number of nitrogens with zero attached hydrogens (tertiary/aromatic N) is 1. The Morgan fingerprint density at radius 1 is 1.63 bits per heavy atom. The minimum atomic E-state index is -0.405. The molecule has 3 N–H and O–H groups in total. The zero-order valence-electron chi connectivity index (χ0n) is 10.6. The minimum absolute atomic E-state index is 0.0711. The Labute approximate surface area is 111 Å². The third-order valence-corrected chi connectivity index (χ3v) is 2.29. The largest absolute Gasteiger partial charge is 0.483 e. The van der Waals surface area contributed by atoms with Crippen molar-refractivity contribution in [3.63, 3.8) is 0 Å². The van der Waals surface area contributed by atoms with Gasteiger partial charge in [0.1, 0.15) is 18.1 Å². The monoisotopic (exact) mass is 265 g/mol. The van der Waals surface area contributed by atoms with Gasteiger partial charge in [-0.3, -0.25) is 4.79 Å². The molecule has 0 saturated heterocycles. The van der Waals surface area contributed by atoms with Crippen molar-refractivity contribution in [2.45, 2.75) is 19.4 Å². The summed E-state index contributed by atoms with van der Waals surface area (Å²) in [5.74, 6) is -0.361. The van der Waals surface area contributed by atoms with Crippen LogP contribution >= 0.6 is 0 Å². The first kappa shape index (κ1) is 14.9. The molecule has 6 heteroatoms. The average molecular weight is 265 g/mol. The van der Waals surface area contributed by atoms with Gasteiger partial charge in [-0.2, -0.15) is 5.26 Å². The molecule has 102 valence electrons. The smallest absolute Gasteiger partial charge is 0.258 e. The fourth-order valence-electron chi connectivity index (χ4n) is 1.53. The molecule has 0 aliphatic heterocycles. The maximum Gasteiger partial charge on any atom is 0.258 e. The summed E-state index contributed by atoms with van der Waals surface area (Å²) >= 11 is 0. The molecule has 0 spiro atoms. The Morgan fingerprint density at radius 3 is 3.00 bits per heavy atom. The van der Waals surface area contributed by atoms with Crippen molar-refractivity contribution in [3.8, 4) is 11.8 Å². The number of hydrogen-bond acceptors (Lipinski definition) is 4. The number of benzene rings is 1. The van der Waals surface area contributed by atoms with Crippen LogP contribution in [-0.4, -0.2) is 25.1 Å². The van der Waals surface area contributed by atoms with Gasteiger partial charge in [-0.25, -0.2) is 4.39 Å². The quantitative estimate of drug-likeness (QED) is 0.742. The van der Waals surface area contributed by atoms with E-state index in [-0.39, 0.29) is 25.0 Å². The van der Waals surface area contributed by atoms with Crippen LogP contribution in [0.15, 0.2) is 18.2 Å². The van der Waals surface area contributed by atoms with E-state index >= 15 is 0 Å². The van der Waals surface area contributed by atoms with Crippen LogP contribution in [0.2, 0.25) is 0 Å². The van der Waals surface area contributed by atoms with E-state index in [1.165, 1.54) is 18.2 Å². The maximum atomic E-state index is 13.2. The Balaban J connectivity index is 2.67. The van der Waals surface area contributed by atoms with E-state index in [0.717, 1.165) is 0 Å². The molecule has 5 nitrogen and oxygen atoms in total. The van der Waals surface area contributed by atoms with E-state index < -0.39 is 5.91 Å². The summed E-state index contributed by atoms with van der Waals surface area (Å²) in [5.41, 5.74) is 6.29. The van der Waals surface area contributed by atoms with Gasteiger partial charge in [0.15, 0.2) is 6.61 Å². The standard InChI is InChI=1S/C13H16FN3O2/c1-9(16)6-10-7-11(14)2-3-12(10)19-8-13(18)17-5-4-15/h2-3,7,9H,5-6,8,16H2,1H3,(H,17,18). The lowest BCUT2D eigenvalue weighted by Crippen LogP contribution is -2.29. The molecule has 0 radical (unpaired) electrons. The van der Waals surface area contributed by atoms with Gasteiger partial charge in [0.25, 0.3) is 5.91 Å². The highest BCUT2D eigenvalue weighted by atomic mass is 19.1. The van der Waals surface area contributed by atoms with Crippen molar-refractivity contribution < 1.29 is 13.9 Å². The van der Waals surface area contributed by atoms with Crippen molar-refractivity contribution in [2.24, 2.45) is 5.73 Å². The van der Waals surface area contributed by atoms with Crippen LogP contribution in [0.4, 0.5) is 4.39 Å². The second kappa shape index (κ2) is 7.34. The molecule has 19 heavy (non-hydrogen) atoms. The fourth-order valence-corrected chi connectivity index (χ4v) is 1.53. The van der Waals surface area contributed by atoms with Gasteiger partial charge >= 0.3 is 0 Å². The number of nitrogens with two attached hydrogens (primary N) is 1. The Bertz CT molecular complexity index is 483. The normalized spacial score (nSPS) is 11.5. The molecule has 0 saturated carbocycles. The van der Waals surface area contributed by atoms with Crippen molar-refractivity contribution in [1.82, 2.24) is 5.32 Å². The summed E-state index contributed by atoms with van der Waals surface area (Å²) in [6, 6.07) is 5.71. The summed E-state index contributed by atoms with van der Waals surface area (Å²) in [6.07, 6.45) is 0.451. The van der Waals surface area contributed by atoms with Crippen LogP contribution in [0, 0.1) is 17.1 Å². The number of carbonyl (C=O) groups excluding carboxylic acids is 1. The van der Waals surface area contributed by atoms with E-state index in [1.807, 2.05) is 0 Å². The number of carbonyl (C=O) groups is 1. The van der Waals surface area contributed by atoms with Gasteiger partial charge in [0.05, 0.1) is 6.07 Å². The molecule has 0 bridgehead atoms. The number of rotatable bonds is 6. The number of halogens is 1. The molecule has 1 aromatic rings. The van der Waals surface area contributed by atoms with E-state index in [1.54, 1.807) is 13.0 Å². The van der Waals surface area contributed by atoms with Crippen LogP contribution in [-0.2, 0) is 11.2 Å². The first-order valence-electron chi connectivity index (χ1n) is 5.83. The minimum Gasteiger partial charge on any atom is -0.483 e. The third kappa shape index (κ3) is 5.36. The third-order valence-electron chi connectivity index (χ3n) is 2.29. The zero-order chi connectivity index (χ0) is 14.3. The van der Waals surface area contributed by atoms with Crippen molar-refractivity contribution in [2.75, 3.05) is 13.2 Å². The second-order valence-corrected chi connectivity index (χ2v) is 4.16. The summed E-state index contributed by atoms with van der Waals surface area (Å²) in [5, 5.41) is 10.7. The molecule has 1 unspecified atom stereocenters. The number of amides is 1. The summed E-state index contributed by atoms with van der Waals surface area (Å²) in [4.78, 5) is 11.3. The van der Waals surface area contributed by atoms with Gasteiger partial charge in [-0.05, 0) is 37.1 Å². The number of nitrogens with one attached hydrogen (secondary N) is 1. The molecule has 0 aromatic heterocycles. The summed E-state index contributed by atoms with van der Waals surface area (Å²) < 4.78 is 18.5. The molecular formula is C13H16FN3O2. The Kier molecular flexibility index (Phi) is 5.76. The van der Waals surface area contributed by atoms with Gasteiger partial charge in [-0.1, -0.05) is 0 Å². The lowest BCUT2D eigenvalue weighted by atomic mass is 10.1. The van der Waals surface area contributed by atoms with E-state index in [4.69, 9.17) is 15.7 Å². The van der Waals surface area contributed by atoms with E-state index in [2.05, 4.69) is 5.32 Å². The van der Waals surface area contributed by atoms with Gasteiger partial charge in [0.2, 0.25) is 0 Å². The first-order chi connectivity index (χ1) is 9.02. The maximum absolute atomic E-state index is 13.2. The Hall–Kier alpha value is -2.13. The fraction of sp³-hybridized carbons (Fsp3) is 0.385. The summed E-state index contributed by atoms with van der Waals surface area (Å²) in [7, 11) is 0. The highest BCUT2D eigenvalue weighted by molar-refractivity contribution is 5.77. The molecule has 1 amide bonds. The second-order valence-electron chi connectivity index (χ2n) is 4.16. The lowest BCUT2D eigenvalue weighted by molar-refractivity contribution is -0.122. The molecule has 0 aliphatic carbocycles. The Morgan fingerprint density at radius 2 is 2.37 bits per heavy atom. The number of hydrogen-bond donors (Lipinski definition) is 2. The van der Waals surface area contributed by atoms with E-state index in [0.29, 0.717) is 17.7 Å². The predicted molar refractivity (Wildman–Crippen MR) is 67.9 cm³/mol. The van der Waals surface area contributed by atoms with Gasteiger partial charge in [0, 0.05) is 6.04 Å². The summed E-state index contributed by atoms with van der Waals surface area (Å²) in [6.45, 7) is 1.51. The van der Waals surface area contributed by atoms with E-state index in [9.17, 15) is 9.18 Å². The van der Waals surface area contributed by atoms with Gasteiger partial charge < -0.3 is 15.8 Å². The number of ether oxygens (including phenoxy) is 1. The molecule has 0 aliphatic rings. The molecule has 0 heterocycles. The van der Waals surface area contributed by atoms with Crippen molar-refractivity contribution >= 4 is 5.91 Å². The van der Waals surface area contributed by atoms with Crippen molar-refractivity contribution in [3.05, 3.63) is 29.6 Å². The zero-order valence-corrected chi connectivity index (χ0v) is 10.6. The SMILES string of the molecule is CC(N)Cc1cc(F)ccc1OCC(=O)NCC#N. The van der Waals surface area contributed by atoms with Crippen LogP contribution in [0.3, 0.4) is 0 Å². The van der Waals surface area contributed by atoms with Crippen molar-refractivity contribution in [1.29, 1.82) is 5.26 Å².